The van der Waals surface area contributed by atoms with Crippen molar-refractivity contribution in [2.45, 2.75) is 64.5 Å². The van der Waals surface area contributed by atoms with Crippen molar-refractivity contribution in [1.29, 1.82) is 0 Å². The SMILES string of the molecule is CCCCN(CCCC)C(=O)CN1C[C@H](c2cc(OC)c3c(c2)OCO3)[C@@H](C(=O)O)[C@@H]1CCn1ccnc1. The Labute approximate surface area is 224 Å². The summed E-state index contributed by atoms with van der Waals surface area (Å²) in [7, 11) is 1.56. The summed E-state index contributed by atoms with van der Waals surface area (Å²) in [5, 5.41) is 10.5. The highest BCUT2D eigenvalue weighted by Gasteiger charge is 2.47. The number of aromatic nitrogens is 2. The van der Waals surface area contributed by atoms with Gasteiger partial charge in [0, 0.05) is 50.5 Å². The van der Waals surface area contributed by atoms with Crippen molar-refractivity contribution in [1.82, 2.24) is 19.4 Å². The lowest BCUT2D eigenvalue weighted by atomic mass is 9.84. The molecule has 208 valence electrons. The third-order valence-electron chi connectivity index (χ3n) is 7.64. The van der Waals surface area contributed by atoms with E-state index in [1.807, 2.05) is 27.8 Å². The Balaban J connectivity index is 1.62. The zero-order chi connectivity index (χ0) is 27.1. The number of rotatable bonds is 14. The van der Waals surface area contributed by atoms with Crippen LogP contribution < -0.4 is 14.2 Å². The predicted molar refractivity (Wildman–Crippen MR) is 142 cm³/mol. The van der Waals surface area contributed by atoms with Gasteiger partial charge in [0.1, 0.15) is 0 Å². The lowest BCUT2D eigenvalue weighted by Gasteiger charge is -2.30. The molecule has 38 heavy (non-hydrogen) atoms. The van der Waals surface area contributed by atoms with Crippen molar-refractivity contribution in [3.05, 3.63) is 36.4 Å². The van der Waals surface area contributed by atoms with E-state index in [2.05, 4.69) is 23.7 Å². The summed E-state index contributed by atoms with van der Waals surface area (Å²) in [6.45, 7) is 7.07. The Morgan fingerprint density at radius 3 is 2.58 bits per heavy atom. The van der Waals surface area contributed by atoms with Gasteiger partial charge in [-0.3, -0.25) is 14.5 Å². The van der Waals surface area contributed by atoms with Crippen LogP contribution in [-0.4, -0.2) is 82.5 Å². The zero-order valence-electron chi connectivity index (χ0n) is 22.7. The van der Waals surface area contributed by atoms with Gasteiger partial charge in [-0.1, -0.05) is 26.7 Å². The lowest BCUT2D eigenvalue weighted by molar-refractivity contribution is -0.144. The number of ether oxygens (including phenoxy) is 3. The minimum Gasteiger partial charge on any atom is -0.493 e. The molecule has 1 aromatic heterocycles. The molecule has 2 aliphatic heterocycles. The number of hydrogen-bond acceptors (Lipinski definition) is 7. The molecule has 0 radical (unpaired) electrons. The fraction of sp³-hybridized carbons (Fsp3) is 0.607. The summed E-state index contributed by atoms with van der Waals surface area (Å²) in [5.41, 5.74) is 0.815. The van der Waals surface area contributed by atoms with Crippen LogP contribution in [0.25, 0.3) is 0 Å². The van der Waals surface area contributed by atoms with Gasteiger partial charge in [-0.25, -0.2) is 4.98 Å². The van der Waals surface area contributed by atoms with E-state index in [0.29, 0.717) is 36.8 Å². The van der Waals surface area contributed by atoms with Crippen molar-refractivity contribution >= 4 is 11.9 Å². The van der Waals surface area contributed by atoms with E-state index >= 15 is 0 Å². The van der Waals surface area contributed by atoms with Crippen molar-refractivity contribution in [3.63, 3.8) is 0 Å². The van der Waals surface area contributed by atoms with Gasteiger partial charge in [0.05, 0.1) is 25.9 Å². The maximum absolute atomic E-state index is 13.5. The molecule has 10 heteroatoms. The van der Waals surface area contributed by atoms with Crippen LogP contribution in [0.3, 0.4) is 0 Å². The molecule has 3 atom stereocenters. The normalized spacial score (nSPS) is 20.6. The third kappa shape index (κ3) is 6.23. The number of fused-ring (bicyclic) bond motifs is 1. The number of carboxylic acid groups (broad SMARTS) is 1. The molecule has 1 N–H and O–H groups in total. The minimum atomic E-state index is -0.869. The Kier molecular flexibility index (Phi) is 9.49. The van der Waals surface area contributed by atoms with Crippen LogP contribution in [0.4, 0.5) is 0 Å². The number of aryl methyl sites for hydroxylation is 1. The topological polar surface area (TPSA) is 106 Å². The van der Waals surface area contributed by atoms with Crippen LogP contribution >= 0.6 is 0 Å². The molecular formula is C28H40N4O6. The smallest absolute Gasteiger partial charge is 0.308 e. The first kappa shape index (κ1) is 27.8. The molecule has 0 aliphatic carbocycles. The second-order valence-electron chi connectivity index (χ2n) is 10.1. The molecule has 3 heterocycles. The first-order valence-electron chi connectivity index (χ1n) is 13.6. The number of methoxy groups -OCH3 is 1. The van der Waals surface area contributed by atoms with E-state index in [-0.39, 0.29) is 31.2 Å². The largest absolute Gasteiger partial charge is 0.493 e. The number of carbonyl (C=O) groups is 2. The molecule has 1 saturated heterocycles. The van der Waals surface area contributed by atoms with E-state index in [4.69, 9.17) is 14.2 Å². The van der Waals surface area contributed by atoms with E-state index in [0.717, 1.165) is 44.3 Å². The number of benzene rings is 1. The summed E-state index contributed by atoms with van der Waals surface area (Å²) in [6, 6.07) is 3.39. The maximum Gasteiger partial charge on any atom is 0.308 e. The Morgan fingerprint density at radius 1 is 1.18 bits per heavy atom. The monoisotopic (exact) mass is 528 g/mol. The Morgan fingerprint density at radius 2 is 1.95 bits per heavy atom. The average molecular weight is 529 g/mol. The van der Waals surface area contributed by atoms with Crippen molar-refractivity contribution in [2.75, 3.05) is 40.1 Å². The third-order valence-corrected chi connectivity index (χ3v) is 7.64. The Bertz CT molecular complexity index is 1070. The fourth-order valence-electron chi connectivity index (χ4n) is 5.59. The van der Waals surface area contributed by atoms with Crippen LogP contribution in [0, 0.1) is 5.92 Å². The molecule has 0 bridgehead atoms. The van der Waals surface area contributed by atoms with Crippen LogP contribution in [0.15, 0.2) is 30.9 Å². The highest BCUT2D eigenvalue weighted by Crippen LogP contribution is 2.47. The number of imidazole rings is 1. The van der Waals surface area contributed by atoms with Gasteiger partial charge in [0.2, 0.25) is 18.4 Å². The molecule has 1 fully saturated rings. The Hall–Kier alpha value is -3.27. The van der Waals surface area contributed by atoms with Crippen molar-refractivity contribution in [2.24, 2.45) is 5.92 Å². The first-order valence-corrected chi connectivity index (χ1v) is 13.6. The summed E-state index contributed by atoms with van der Waals surface area (Å²) in [6.07, 6.45) is 9.85. The molecule has 4 rings (SSSR count). The number of hydrogen-bond donors (Lipinski definition) is 1. The minimum absolute atomic E-state index is 0.0626. The molecule has 1 amide bonds. The standard InChI is InChI=1S/C28H40N4O6/c1-4-6-10-31(11-7-5-2)25(33)17-32-16-21(20-14-23(36-3)27-24(15-20)37-19-38-27)26(28(34)35)22(32)8-12-30-13-9-29-18-30/h9,13-15,18,21-22,26H,4-8,10-12,16-17,19H2,1-3H3,(H,34,35)/t21-,22+,26-/m1/s1. The molecule has 0 saturated carbocycles. The molecule has 0 unspecified atom stereocenters. The van der Waals surface area contributed by atoms with Gasteiger partial charge in [-0.05, 0) is 37.0 Å². The summed E-state index contributed by atoms with van der Waals surface area (Å²) in [4.78, 5) is 34.4. The van der Waals surface area contributed by atoms with Gasteiger partial charge in [-0.2, -0.15) is 0 Å². The van der Waals surface area contributed by atoms with Gasteiger partial charge in [0.25, 0.3) is 0 Å². The predicted octanol–water partition coefficient (Wildman–Crippen LogP) is 3.61. The van der Waals surface area contributed by atoms with Gasteiger partial charge < -0.3 is 28.8 Å². The van der Waals surface area contributed by atoms with E-state index in [9.17, 15) is 14.7 Å². The highest BCUT2D eigenvalue weighted by atomic mass is 16.7. The molecule has 10 nitrogen and oxygen atoms in total. The number of amides is 1. The number of unbranched alkanes of at least 4 members (excludes halogenated alkanes) is 2. The zero-order valence-corrected chi connectivity index (χ0v) is 22.7. The van der Waals surface area contributed by atoms with Gasteiger partial charge >= 0.3 is 5.97 Å². The fourth-order valence-corrected chi connectivity index (χ4v) is 5.59. The first-order chi connectivity index (χ1) is 18.5. The summed E-state index contributed by atoms with van der Waals surface area (Å²) >= 11 is 0. The summed E-state index contributed by atoms with van der Waals surface area (Å²) in [5.74, 6) is -0.231. The number of aliphatic carboxylic acids is 1. The van der Waals surface area contributed by atoms with E-state index < -0.39 is 11.9 Å². The van der Waals surface area contributed by atoms with Crippen molar-refractivity contribution < 1.29 is 28.9 Å². The van der Waals surface area contributed by atoms with Crippen molar-refractivity contribution in [3.8, 4) is 17.2 Å². The average Bonchev–Trinajstić information content (AvgIpc) is 3.67. The molecule has 2 aromatic rings. The highest BCUT2D eigenvalue weighted by molar-refractivity contribution is 5.79. The second-order valence-corrected chi connectivity index (χ2v) is 10.1. The van der Waals surface area contributed by atoms with Crippen LogP contribution in [0.1, 0.15) is 57.4 Å². The van der Waals surface area contributed by atoms with Gasteiger partial charge in [0.15, 0.2) is 11.5 Å². The van der Waals surface area contributed by atoms with Crippen LogP contribution in [-0.2, 0) is 16.1 Å². The van der Waals surface area contributed by atoms with E-state index in [1.54, 1.807) is 19.6 Å². The molecule has 0 spiro atoms. The quantitative estimate of drug-likeness (QED) is 0.396. The molecular weight excluding hydrogens is 488 g/mol. The lowest BCUT2D eigenvalue weighted by Crippen LogP contribution is -2.45. The van der Waals surface area contributed by atoms with E-state index in [1.165, 1.54) is 0 Å². The number of nitrogens with zero attached hydrogens (tertiary/aromatic N) is 4. The summed E-state index contributed by atoms with van der Waals surface area (Å²) < 4.78 is 18.7. The second kappa shape index (κ2) is 13.0. The molecule has 1 aromatic carbocycles. The maximum atomic E-state index is 13.5. The molecule has 2 aliphatic rings. The van der Waals surface area contributed by atoms with Gasteiger partial charge in [-0.15, -0.1) is 0 Å². The van der Waals surface area contributed by atoms with Crippen LogP contribution in [0.2, 0.25) is 0 Å². The number of carbonyl (C=O) groups excluding carboxylic acids is 1. The van der Waals surface area contributed by atoms with Crippen LogP contribution in [0.5, 0.6) is 17.2 Å². The number of carboxylic acids is 1. The number of likely N-dealkylation sites (tertiary alicyclic amines) is 1.